The normalized spacial score (nSPS) is 21.5. The molecule has 4 aromatic rings. The van der Waals surface area contributed by atoms with Crippen molar-refractivity contribution in [3.8, 4) is 0 Å². The zero-order chi connectivity index (χ0) is 20.7. The molecule has 2 atom stereocenters. The van der Waals surface area contributed by atoms with Crippen LogP contribution in [-0.4, -0.2) is 0 Å². The van der Waals surface area contributed by atoms with Gasteiger partial charge in [0.05, 0.1) is 0 Å². The van der Waals surface area contributed by atoms with E-state index in [4.69, 9.17) is 0 Å². The number of hydrogen-bond acceptors (Lipinski definition) is 0. The summed E-state index contributed by atoms with van der Waals surface area (Å²) in [5.74, 6) is 0. The molecule has 3 aliphatic rings. The first kappa shape index (κ1) is 23.1. The Bertz CT molecular complexity index is 1370. The maximum Gasteiger partial charge on any atom is -0.147 e. The Labute approximate surface area is 212 Å². The Morgan fingerprint density at radius 3 is 1.42 bits per heavy atom. The van der Waals surface area contributed by atoms with Gasteiger partial charge in [-0.1, -0.05) is 0 Å². The van der Waals surface area contributed by atoms with Crippen molar-refractivity contribution < 1.29 is 20.0 Å². The van der Waals surface area contributed by atoms with Crippen molar-refractivity contribution in [3.63, 3.8) is 0 Å². The molecule has 1 heterocycles. The van der Waals surface area contributed by atoms with Crippen molar-refractivity contribution in [1.82, 2.24) is 0 Å². The summed E-state index contributed by atoms with van der Waals surface area (Å²) in [6, 6.07) is 27.6. The first-order valence-corrected chi connectivity index (χ1v) is 20.8. The molecule has 0 aromatic heterocycles. The van der Waals surface area contributed by atoms with Gasteiger partial charge in [0.2, 0.25) is 0 Å². The van der Waals surface area contributed by atoms with Gasteiger partial charge in [-0.25, -0.2) is 0 Å². The van der Waals surface area contributed by atoms with Crippen LogP contribution in [-0.2, 0) is 20.0 Å². The van der Waals surface area contributed by atoms with Gasteiger partial charge in [0, 0.05) is 0 Å². The fraction of sp³-hybridized carbons (Fsp3) is 0.200. The Morgan fingerprint density at radius 2 is 1.00 bits per heavy atom. The Hall–Kier alpha value is -1.67. The summed E-state index contributed by atoms with van der Waals surface area (Å²) in [5, 5.41) is 5.63. The van der Waals surface area contributed by atoms with Crippen molar-refractivity contribution in [2.75, 3.05) is 0 Å². The molecule has 0 amide bonds. The van der Waals surface area contributed by atoms with Gasteiger partial charge in [-0.15, -0.1) is 24.8 Å². The van der Waals surface area contributed by atoms with E-state index < -0.39 is 20.0 Å². The molecule has 0 N–H and O–H groups in total. The second-order valence-electron chi connectivity index (χ2n) is 9.96. The zero-order valence-corrected chi connectivity index (χ0v) is 24.2. The summed E-state index contributed by atoms with van der Waals surface area (Å²) in [6.07, 6.45) is 5.08. The van der Waals surface area contributed by atoms with Crippen LogP contribution in [0.5, 0.6) is 0 Å². The molecule has 4 aromatic carbocycles. The minimum absolute atomic E-state index is 0. The van der Waals surface area contributed by atoms with Crippen LogP contribution in [0.3, 0.4) is 0 Å². The van der Waals surface area contributed by atoms with Crippen LogP contribution in [0, 0.1) is 0 Å². The van der Waals surface area contributed by atoms with Crippen molar-refractivity contribution in [3.05, 3.63) is 106 Å². The third kappa shape index (κ3) is 3.19. The Morgan fingerprint density at radius 1 is 0.576 bits per heavy atom. The molecular formula is C30H28Cl2Hf. The van der Waals surface area contributed by atoms with Crippen molar-refractivity contribution in [2.45, 2.75) is 29.6 Å². The van der Waals surface area contributed by atoms with Gasteiger partial charge in [0.15, 0.2) is 0 Å². The first-order valence-electron chi connectivity index (χ1n) is 11.6. The van der Waals surface area contributed by atoms with Crippen LogP contribution in [0.25, 0.3) is 33.7 Å². The Kier molecular flexibility index (Phi) is 5.75. The van der Waals surface area contributed by atoms with E-state index >= 15 is 0 Å². The van der Waals surface area contributed by atoms with E-state index in [1.165, 1.54) is 41.0 Å². The van der Waals surface area contributed by atoms with Crippen LogP contribution < -0.4 is 0 Å². The Balaban J connectivity index is 0.00000114. The molecule has 166 valence electrons. The largest absolute Gasteiger partial charge is 0.147 e. The van der Waals surface area contributed by atoms with Gasteiger partial charge >= 0.3 is 189 Å². The molecule has 0 radical (unpaired) electrons. The smallest absolute Gasteiger partial charge is 0.147 e. The molecule has 0 saturated carbocycles. The molecule has 3 heteroatoms. The number of fused-ring (bicyclic) bond motifs is 6. The molecule has 0 nitrogen and oxygen atoms in total. The van der Waals surface area contributed by atoms with E-state index in [1.807, 2.05) is 0 Å². The molecule has 1 fully saturated rings. The van der Waals surface area contributed by atoms with Crippen molar-refractivity contribution >= 4 is 58.5 Å². The van der Waals surface area contributed by atoms with Gasteiger partial charge in [-0.05, 0) is 0 Å². The summed E-state index contributed by atoms with van der Waals surface area (Å²) in [6.45, 7) is 4.85. The van der Waals surface area contributed by atoms with Crippen LogP contribution in [0.4, 0.5) is 0 Å². The topological polar surface area (TPSA) is 0 Å². The van der Waals surface area contributed by atoms with Gasteiger partial charge in [0.1, 0.15) is 0 Å². The molecule has 1 aliphatic heterocycles. The molecule has 0 bridgehead atoms. The second-order valence-corrected chi connectivity index (χ2v) is 26.6. The summed E-state index contributed by atoms with van der Waals surface area (Å²) in [4.78, 5) is 0. The fourth-order valence-corrected chi connectivity index (χ4v) is 35.2. The van der Waals surface area contributed by atoms with Crippen LogP contribution in [0.15, 0.2) is 83.9 Å². The fourth-order valence-electron chi connectivity index (χ4n) is 6.98. The number of benzene rings is 4. The first-order chi connectivity index (χ1) is 15.2. The number of allylic oxidation sites excluding steroid dienone is 2. The molecule has 1 saturated heterocycles. The van der Waals surface area contributed by atoms with E-state index in [2.05, 4.69) is 98.8 Å². The van der Waals surface area contributed by atoms with Crippen molar-refractivity contribution in [2.24, 2.45) is 0 Å². The summed E-state index contributed by atoms with van der Waals surface area (Å²) in [7, 11) is 0. The molecule has 2 aliphatic carbocycles. The van der Waals surface area contributed by atoms with Gasteiger partial charge in [-0.3, -0.25) is 0 Å². The second kappa shape index (κ2) is 8.22. The number of hydrogen-bond donors (Lipinski definition) is 0. The quantitative estimate of drug-likeness (QED) is 0.192. The molecule has 0 spiro atoms. The third-order valence-electron chi connectivity index (χ3n) is 8.26. The zero-order valence-electron chi connectivity index (χ0n) is 19.0. The third-order valence-corrected chi connectivity index (χ3v) is 28.0. The van der Waals surface area contributed by atoms with E-state index in [0.717, 1.165) is 7.35 Å². The molecule has 33 heavy (non-hydrogen) atoms. The summed E-state index contributed by atoms with van der Waals surface area (Å²) in [5.41, 5.74) is 9.63. The minimum atomic E-state index is -2.64. The van der Waals surface area contributed by atoms with E-state index in [1.54, 1.807) is 22.3 Å². The van der Waals surface area contributed by atoms with Crippen LogP contribution in [0.2, 0.25) is 8.35 Å². The average Bonchev–Trinajstić information content (AvgIpc) is 3.37. The predicted molar refractivity (Wildman–Crippen MR) is 145 cm³/mol. The SMILES string of the molecule is CC1=Cc2c(ccc3ccccc23)[CH]1[Hf]1([CH]2C(C)=Cc3c2ccc2ccccc32)[CH2][CH2]1.Cl.Cl. The molecule has 7 rings (SSSR count). The maximum absolute atomic E-state index is 2.64. The maximum atomic E-state index is 2.54. The molecule has 2 unspecified atom stereocenters. The van der Waals surface area contributed by atoms with Crippen molar-refractivity contribution in [1.29, 1.82) is 0 Å². The van der Waals surface area contributed by atoms with E-state index in [9.17, 15) is 0 Å². The monoisotopic (exact) mass is 638 g/mol. The summed E-state index contributed by atoms with van der Waals surface area (Å²) >= 11 is -2.64. The van der Waals surface area contributed by atoms with E-state index in [-0.39, 0.29) is 24.8 Å². The average molecular weight is 638 g/mol. The number of halogens is 2. The van der Waals surface area contributed by atoms with E-state index in [0.29, 0.717) is 0 Å². The minimum Gasteiger partial charge on any atom is -0.147 e. The predicted octanol–water partition coefficient (Wildman–Crippen LogP) is 9.46. The van der Waals surface area contributed by atoms with Gasteiger partial charge < -0.3 is 0 Å². The van der Waals surface area contributed by atoms with Gasteiger partial charge in [0.25, 0.3) is 0 Å². The summed E-state index contributed by atoms with van der Waals surface area (Å²) < 4.78 is 4.57. The molecular weight excluding hydrogens is 610 g/mol. The number of rotatable bonds is 2. The van der Waals surface area contributed by atoms with Crippen LogP contribution >= 0.6 is 24.8 Å². The van der Waals surface area contributed by atoms with Gasteiger partial charge in [-0.2, -0.15) is 0 Å². The van der Waals surface area contributed by atoms with Crippen LogP contribution in [0.1, 0.15) is 43.5 Å². The standard InChI is InChI=1S/2C14H11.C2H4.2ClH.Hf/c2*1-10-8-12-7-6-11-4-2-3-5-13(11)14(12)9-10;1-2;;;/h2*2-9H,1H3;1-2H2;2*1H;.